The molecule has 0 radical (unpaired) electrons. The van der Waals surface area contributed by atoms with Crippen LogP contribution in [0.1, 0.15) is 31.7 Å². The Kier molecular flexibility index (Phi) is 4.52. The summed E-state index contributed by atoms with van der Waals surface area (Å²) in [6.07, 6.45) is 4.21. The minimum absolute atomic E-state index is 0.369. The normalized spacial score (nSPS) is 26.8. The second kappa shape index (κ2) is 6.17. The lowest BCUT2D eigenvalue weighted by Crippen LogP contribution is -2.17. The van der Waals surface area contributed by atoms with Crippen molar-refractivity contribution in [2.45, 2.75) is 55.0 Å². The highest BCUT2D eigenvalue weighted by molar-refractivity contribution is 9.10. The number of halogens is 1. The maximum atomic E-state index is 5.67. The second-order valence-corrected chi connectivity index (χ2v) is 7.62. The van der Waals surface area contributed by atoms with Gasteiger partial charge in [0.25, 0.3) is 0 Å². The molecule has 2 atom stereocenters. The van der Waals surface area contributed by atoms with Crippen molar-refractivity contribution in [3.8, 4) is 0 Å². The lowest BCUT2D eigenvalue weighted by Gasteiger charge is -2.17. The van der Waals surface area contributed by atoms with Gasteiger partial charge in [-0.15, -0.1) is 11.8 Å². The molecule has 1 aromatic rings. The predicted molar refractivity (Wildman–Crippen MR) is 83.7 cm³/mol. The zero-order valence-corrected chi connectivity index (χ0v) is 13.6. The number of hydrogen-bond donors (Lipinski definition) is 1. The first kappa shape index (κ1) is 13.9. The lowest BCUT2D eigenvalue weighted by atomic mass is 10.2. The molecular formula is C15H20BrNOS. The third kappa shape index (κ3) is 3.75. The van der Waals surface area contributed by atoms with E-state index in [0.717, 1.165) is 30.1 Å². The molecule has 2 fully saturated rings. The fraction of sp³-hybridized carbons (Fsp3) is 0.600. The van der Waals surface area contributed by atoms with Crippen LogP contribution in [0.25, 0.3) is 0 Å². The SMILES string of the molecule is CC1OCCC1Sc1cc(Br)ccc1CNC1CC1. The monoisotopic (exact) mass is 341 g/mol. The quantitative estimate of drug-likeness (QED) is 0.875. The van der Waals surface area contributed by atoms with Crippen LogP contribution in [0.4, 0.5) is 0 Å². The van der Waals surface area contributed by atoms with Crippen molar-refractivity contribution in [1.82, 2.24) is 5.32 Å². The number of hydrogen-bond acceptors (Lipinski definition) is 3. The summed E-state index contributed by atoms with van der Waals surface area (Å²) in [4.78, 5) is 1.39. The van der Waals surface area contributed by atoms with E-state index < -0.39 is 0 Å². The van der Waals surface area contributed by atoms with Gasteiger partial charge < -0.3 is 10.1 Å². The van der Waals surface area contributed by atoms with E-state index in [1.165, 1.54) is 23.3 Å². The predicted octanol–water partition coefficient (Wildman–Crippen LogP) is 3.97. The van der Waals surface area contributed by atoms with Gasteiger partial charge >= 0.3 is 0 Å². The van der Waals surface area contributed by atoms with Crippen molar-refractivity contribution in [2.75, 3.05) is 6.61 Å². The van der Waals surface area contributed by atoms with Gasteiger partial charge in [-0.05, 0) is 43.9 Å². The van der Waals surface area contributed by atoms with Gasteiger partial charge in [0.05, 0.1) is 6.10 Å². The molecule has 1 aromatic carbocycles. The molecule has 1 saturated heterocycles. The van der Waals surface area contributed by atoms with E-state index in [4.69, 9.17) is 4.74 Å². The van der Waals surface area contributed by atoms with Gasteiger partial charge in [0.2, 0.25) is 0 Å². The summed E-state index contributed by atoms with van der Waals surface area (Å²) in [6, 6.07) is 7.39. The number of nitrogens with one attached hydrogen (secondary N) is 1. The van der Waals surface area contributed by atoms with Crippen LogP contribution < -0.4 is 5.32 Å². The van der Waals surface area contributed by atoms with Crippen molar-refractivity contribution >= 4 is 27.7 Å². The van der Waals surface area contributed by atoms with Crippen LogP contribution in [0.2, 0.25) is 0 Å². The highest BCUT2D eigenvalue weighted by atomic mass is 79.9. The van der Waals surface area contributed by atoms with Gasteiger partial charge in [-0.2, -0.15) is 0 Å². The summed E-state index contributed by atoms with van der Waals surface area (Å²) in [5.74, 6) is 0. The Labute approximate surface area is 127 Å². The van der Waals surface area contributed by atoms with E-state index in [-0.39, 0.29) is 0 Å². The van der Waals surface area contributed by atoms with E-state index in [9.17, 15) is 0 Å². The van der Waals surface area contributed by atoms with Crippen molar-refractivity contribution in [3.05, 3.63) is 28.2 Å². The molecule has 19 heavy (non-hydrogen) atoms. The lowest BCUT2D eigenvalue weighted by molar-refractivity contribution is 0.127. The van der Waals surface area contributed by atoms with Gasteiger partial charge in [-0.25, -0.2) is 0 Å². The minimum atomic E-state index is 0.369. The fourth-order valence-corrected chi connectivity index (χ4v) is 4.17. The van der Waals surface area contributed by atoms with Gasteiger partial charge in [0.1, 0.15) is 0 Å². The Morgan fingerprint density at radius 2 is 2.21 bits per heavy atom. The zero-order valence-electron chi connectivity index (χ0n) is 11.2. The standard InChI is InChI=1S/C15H20BrNOS/c1-10-14(6-7-18-10)19-15-8-12(16)3-2-11(15)9-17-13-4-5-13/h2-3,8,10,13-14,17H,4-7,9H2,1H3. The fourth-order valence-electron chi connectivity index (χ4n) is 2.36. The van der Waals surface area contributed by atoms with Gasteiger partial charge in [-0.1, -0.05) is 22.0 Å². The van der Waals surface area contributed by atoms with E-state index >= 15 is 0 Å². The minimum Gasteiger partial charge on any atom is -0.377 e. The first-order chi connectivity index (χ1) is 9.22. The molecule has 2 nitrogen and oxygen atoms in total. The molecule has 0 spiro atoms. The molecule has 3 rings (SSSR count). The smallest absolute Gasteiger partial charge is 0.0669 e. The van der Waals surface area contributed by atoms with Crippen LogP contribution in [-0.2, 0) is 11.3 Å². The molecule has 0 bridgehead atoms. The Balaban J connectivity index is 1.71. The average molecular weight is 342 g/mol. The first-order valence-electron chi connectivity index (χ1n) is 7.02. The number of rotatable bonds is 5. The van der Waals surface area contributed by atoms with E-state index in [0.29, 0.717) is 11.4 Å². The third-order valence-corrected chi connectivity index (χ3v) is 5.82. The van der Waals surface area contributed by atoms with E-state index in [1.54, 1.807) is 0 Å². The topological polar surface area (TPSA) is 21.3 Å². The molecule has 1 aliphatic heterocycles. The summed E-state index contributed by atoms with van der Waals surface area (Å²) >= 11 is 5.57. The molecule has 0 amide bonds. The number of ether oxygens (including phenoxy) is 1. The van der Waals surface area contributed by atoms with Crippen molar-refractivity contribution < 1.29 is 4.74 Å². The third-order valence-electron chi connectivity index (χ3n) is 3.77. The zero-order chi connectivity index (χ0) is 13.2. The van der Waals surface area contributed by atoms with Crippen LogP contribution >= 0.6 is 27.7 Å². The van der Waals surface area contributed by atoms with E-state index in [2.05, 4.69) is 46.4 Å². The maximum absolute atomic E-state index is 5.67. The number of thioether (sulfide) groups is 1. The van der Waals surface area contributed by atoms with Crippen LogP contribution in [0, 0.1) is 0 Å². The maximum Gasteiger partial charge on any atom is 0.0669 e. The molecule has 104 valence electrons. The number of benzene rings is 1. The largest absolute Gasteiger partial charge is 0.377 e. The van der Waals surface area contributed by atoms with Crippen molar-refractivity contribution in [1.29, 1.82) is 0 Å². The Bertz CT molecular complexity index is 450. The van der Waals surface area contributed by atoms with Crippen LogP contribution in [0.3, 0.4) is 0 Å². The molecule has 1 saturated carbocycles. The van der Waals surface area contributed by atoms with Crippen LogP contribution in [-0.4, -0.2) is 24.0 Å². The summed E-state index contributed by atoms with van der Waals surface area (Å²) in [5.41, 5.74) is 1.42. The summed E-state index contributed by atoms with van der Waals surface area (Å²) in [5, 5.41) is 4.20. The Morgan fingerprint density at radius 1 is 1.37 bits per heavy atom. The molecule has 1 aliphatic carbocycles. The summed E-state index contributed by atoms with van der Waals surface area (Å²) in [7, 11) is 0. The molecule has 1 heterocycles. The second-order valence-electron chi connectivity index (χ2n) is 5.43. The first-order valence-corrected chi connectivity index (χ1v) is 8.70. The molecule has 1 N–H and O–H groups in total. The highest BCUT2D eigenvalue weighted by Gasteiger charge is 2.26. The van der Waals surface area contributed by atoms with Gasteiger partial charge in [0, 0.05) is 33.8 Å². The molecular weight excluding hydrogens is 322 g/mol. The average Bonchev–Trinajstić information content (AvgIpc) is 3.13. The Morgan fingerprint density at radius 3 is 2.89 bits per heavy atom. The Hall–Kier alpha value is -0.0300. The summed E-state index contributed by atoms with van der Waals surface area (Å²) in [6.45, 7) is 4.08. The van der Waals surface area contributed by atoms with Crippen molar-refractivity contribution in [2.24, 2.45) is 0 Å². The van der Waals surface area contributed by atoms with Crippen LogP contribution in [0.5, 0.6) is 0 Å². The summed E-state index contributed by atoms with van der Waals surface area (Å²) < 4.78 is 6.83. The highest BCUT2D eigenvalue weighted by Crippen LogP contribution is 2.36. The molecule has 4 heteroatoms. The van der Waals surface area contributed by atoms with Gasteiger partial charge in [0.15, 0.2) is 0 Å². The van der Waals surface area contributed by atoms with Crippen molar-refractivity contribution in [3.63, 3.8) is 0 Å². The molecule has 2 unspecified atom stereocenters. The van der Waals surface area contributed by atoms with Crippen LogP contribution in [0.15, 0.2) is 27.6 Å². The van der Waals surface area contributed by atoms with Gasteiger partial charge in [-0.3, -0.25) is 0 Å². The molecule has 0 aromatic heterocycles. The molecule has 2 aliphatic rings. The van der Waals surface area contributed by atoms with E-state index in [1.807, 2.05) is 11.8 Å².